The molecule has 6 nitrogen and oxygen atoms in total. The predicted molar refractivity (Wildman–Crippen MR) is 99.2 cm³/mol. The summed E-state index contributed by atoms with van der Waals surface area (Å²) in [4.78, 5) is 14.2. The van der Waals surface area contributed by atoms with Crippen LogP contribution in [0.5, 0.6) is 5.75 Å². The number of carbonyl (C=O) groups is 1. The van der Waals surface area contributed by atoms with E-state index in [4.69, 9.17) is 16.3 Å². The molecule has 3 rings (SSSR count). The van der Waals surface area contributed by atoms with E-state index < -0.39 is 5.60 Å². The summed E-state index contributed by atoms with van der Waals surface area (Å²) in [7, 11) is 1.86. The second-order valence-corrected chi connectivity index (χ2v) is 7.41. The highest BCUT2D eigenvalue weighted by Gasteiger charge is 2.41. The molecule has 0 aliphatic carbocycles. The van der Waals surface area contributed by atoms with E-state index in [1.54, 1.807) is 34.8 Å². The van der Waals surface area contributed by atoms with Crippen LogP contribution in [-0.4, -0.2) is 50.5 Å². The van der Waals surface area contributed by atoms with Gasteiger partial charge in [-0.05, 0) is 37.6 Å². The maximum atomic E-state index is 12.5. The molecule has 1 N–H and O–H groups in total. The van der Waals surface area contributed by atoms with Crippen molar-refractivity contribution in [1.82, 2.24) is 14.7 Å². The Hall–Kier alpha value is -2.05. The summed E-state index contributed by atoms with van der Waals surface area (Å²) in [5.74, 6) is 0.659. The third kappa shape index (κ3) is 4.37. The fourth-order valence-corrected chi connectivity index (χ4v) is 3.47. The molecule has 2 heterocycles. The van der Waals surface area contributed by atoms with E-state index in [9.17, 15) is 9.90 Å². The Bertz CT molecular complexity index is 775. The van der Waals surface area contributed by atoms with Crippen LogP contribution in [-0.2, 0) is 18.3 Å². The number of rotatable bonds is 5. The Morgan fingerprint density at radius 1 is 1.46 bits per heavy atom. The van der Waals surface area contributed by atoms with E-state index in [0.717, 1.165) is 5.69 Å². The highest BCUT2D eigenvalue weighted by molar-refractivity contribution is 6.30. The number of ether oxygens (including phenoxy) is 1. The van der Waals surface area contributed by atoms with Crippen molar-refractivity contribution in [3.05, 3.63) is 47.2 Å². The Morgan fingerprint density at radius 2 is 2.27 bits per heavy atom. The molecule has 0 radical (unpaired) electrons. The second-order valence-electron chi connectivity index (χ2n) is 6.97. The number of aryl methyl sites for hydroxylation is 2. The number of nitrogens with zero attached hydrogens (tertiary/aromatic N) is 3. The maximum Gasteiger partial charge on any atom is 0.223 e. The van der Waals surface area contributed by atoms with Gasteiger partial charge in [0.2, 0.25) is 5.91 Å². The lowest BCUT2D eigenvalue weighted by atomic mass is 9.91. The predicted octanol–water partition coefficient (Wildman–Crippen LogP) is 2.44. The molecule has 26 heavy (non-hydrogen) atoms. The quantitative estimate of drug-likeness (QED) is 0.869. The van der Waals surface area contributed by atoms with Gasteiger partial charge in [-0.3, -0.25) is 9.48 Å². The van der Waals surface area contributed by atoms with E-state index in [-0.39, 0.29) is 18.6 Å². The molecule has 1 aliphatic heterocycles. The first-order valence-electron chi connectivity index (χ1n) is 8.74. The molecule has 1 amide bonds. The molecule has 7 heteroatoms. The SMILES string of the molecule is Cn1nccc1CCC(=O)N1CC[C@H](Oc2cccc(Cl)c2)[C@@](C)(O)C1. The Balaban J connectivity index is 1.57. The summed E-state index contributed by atoms with van der Waals surface area (Å²) < 4.78 is 7.70. The number of carbonyl (C=O) groups excluding carboxylic acids is 1. The molecule has 0 unspecified atom stereocenters. The molecule has 1 aromatic heterocycles. The van der Waals surface area contributed by atoms with Gasteiger partial charge in [-0.2, -0.15) is 5.10 Å². The van der Waals surface area contributed by atoms with E-state index in [0.29, 0.717) is 36.6 Å². The second kappa shape index (κ2) is 7.68. The normalized spacial score (nSPS) is 23.1. The third-order valence-corrected chi connectivity index (χ3v) is 5.05. The van der Waals surface area contributed by atoms with Gasteiger partial charge < -0.3 is 14.7 Å². The van der Waals surface area contributed by atoms with Crippen LogP contribution in [0.25, 0.3) is 0 Å². The van der Waals surface area contributed by atoms with Gasteiger partial charge in [-0.15, -0.1) is 0 Å². The van der Waals surface area contributed by atoms with Gasteiger partial charge in [0, 0.05) is 43.3 Å². The van der Waals surface area contributed by atoms with Crippen molar-refractivity contribution in [2.45, 2.75) is 37.9 Å². The van der Waals surface area contributed by atoms with Crippen LogP contribution in [0.2, 0.25) is 5.02 Å². The number of aromatic nitrogens is 2. The number of β-amino-alcohol motifs (C(OH)–C–C–N with tert-alkyl or cyclic N) is 1. The summed E-state index contributed by atoms with van der Waals surface area (Å²) in [5.41, 5.74) is -0.104. The zero-order valence-electron chi connectivity index (χ0n) is 15.1. The topological polar surface area (TPSA) is 67.6 Å². The summed E-state index contributed by atoms with van der Waals surface area (Å²) >= 11 is 5.98. The van der Waals surface area contributed by atoms with Gasteiger partial charge in [0.1, 0.15) is 17.5 Å². The van der Waals surface area contributed by atoms with Crippen molar-refractivity contribution in [3.8, 4) is 5.75 Å². The summed E-state index contributed by atoms with van der Waals surface area (Å²) in [6.45, 7) is 2.52. The monoisotopic (exact) mass is 377 g/mol. The lowest BCUT2D eigenvalue weighted by Gasteiger charge is -2.42. The minimum absolute atomic E-state index is 0.0349. The number of likely N-dealkylation sites (tertiary alicyclic amines) is 1. The minimum Gasteiger partial charge on any atom is -0.487 e. The molecule has 0 bridgehead atoms. The van der Waals surface area contributed by atoms with Crippen molar-refractivity contribution < 1.29 is 14.6 Å². The lowest BCUT2D eigenvalue weighted by molar-refractivity contribution is -0.145. The van der Waals surface area contributed by atoms with Crippen LogP contribution in [0, 0.1) is 0 Å². The highest BCUT2D eigenvalue weighted by atomic mass is 35.5. The molecule has 2 atom stereocenters. The Labute approximate surface area is 158 Å². The molecule has 0 spiro atoms. The average molecular weight is 378 g/mol. The van der Waals surface area contributed by atoms with Crippen LogP contribution in [0.3, 0.4) is 0 Å². The molecule has 1 fully saturated rings. The Morgan fingerprint density at radius 3 is 2.92 bits per heavy atom. The van der Waals surface area contributed by atoms with Crippen LogP contribution >= 0.6 is 11.6 Å². The number of hydrogen-bond acceptors (Lipinski definition) is 4. The fraction of sp³-hybridized carbons (Fsp3) is 0.474. The van der Waals surface area contributed by atoms with Gasteiger partial charge in [0.25, 0.3) is 0 Å². The third-order valence-electron chi connectivity index (χ3n) is 4.81. The summed E-state index contributed by atoms with van der Waals surface area (Å²) in [6.07, 6.45) is 2.94. The molecule has 2 aromatic rings. The van der Waals surface area contributed by atoms with Gasteiger partial charge in [-0.1, -0.05) is 17.7 Å². The molecule has 1 aromatic carbocycles. The van der Waals surface area contributed by atoms with E-state index in [1.807, 2.05) is 25.2 Å². The van der Waals surface area contributed by atoms with Crippen molar-refractivity contribution >= 4 is 17.5 Å². The number of amides is 1. The van der Waals surface area contributed by atoms with Crippen molar-refractivity contribution in [3.63, 3.8) is 0 Å². The van der Waals surface area contributed by atoms with E-state index in [2.05, 4.69) is 5.10 Å². The van der Waals surface area contributed by atoms with E-state index >= 15 is 0 Å². The summed E-state index contributed by atoms with van der Waals surface area (Å²) in [5, 5.41) is 15.5. The number of piperidine rings is 1. The molecular formula is C19H24ClN3O3. The van der Waals surface area contributed by atoms with Crippen LogP contribution in [0.15, 0.2) is 36.5 Å². The Kier molecular flexibility index (Phi) is 5.53. The fourth-order valence-electron chi connectivity index (χ4n) is 3.29. The van der Waals surface area contributed by atoms with Crippen LogP contribution in [0.1, 0.15) is 25.5 Å². The number of hydrogen-bond donors (Lipinski definition) is 1. The molecule has 0 saturated carbocycles. The lowest BCUT2D eigenvalue weighted by Crippen LogP contribution is -2.58. The smallest absolute Gasteiger partial charge is 0.223 e. The zero-order valence-corrected chi connectivity index (χ0v) is 15.8. The molecule has 1 aliphatic rings. The summed E-state index contributed by atoms with van der Waals surface area (Å²) in [6, 6.07) is 9.03. The van der Waals surface area contributed by atoms with Gasteiger partial charge >= 0.3 is 0 Å². The van der Waals surface area contributed by atoms with Crippen molar-refractivity contribution in [2.75, 3.05) is 13.1 Å². The zero-order chi connectivity index (χ0) is 18.7. The van der Waals surface area contributed by atoms with E-state index in [1.165, 1.54) is 0 Å². The van der Waals surface area contributed by atoms with Gasteiger partial charge in [0.15, 0.2) is 0 Å². The highest BCUT2D eigenvalue weighted by Crippen LogP contribution is 2.28. The minimum atomic E-state index is -1.12. The maximum absolute atomic E-state index is 12.5. The average Bonchev–Trinajstić information content (AvgIpc) is 2.99. The largest absolute Gasteiger partial charge is 0.487 e. The number of benzene rings is 1. The van der Waals surface area contributed by atoms with Crippen LogP contribution in [0.4, 0.5) is 0 Å². The van der Waals surface area contributed by atoms with Crippen LogP contribution < -0.4 is 4.74 Å². The molecule has 1 saturated heterocycles. The van der Waals surface area contributed by atoms with Crippen molar-refractivity contribution in [2.24, 2.45) is 7.05 Å². The number of aliphatic hydroxyl groups is 1. The number of halogens is 1. The van der Waals surface area contributed by atoms with Gasteiger partial charge in [-0.25, -0.2) is 0 Å². The first-order chi connectivity index (χ1) is 12.3. The first-order valence-corrected chi connectivity index (χ1v) is 9.12. The standard InChI is InChI=1S/C19H24ClN3O3/c1-19(25)13-23(18(24)7-6-15-8-10-21-22(15)2)11-9-17(19)26-16-5-3-4-14(20)12-16/h3-5,8,10,12,17,25H,6-7,9,11,13H2,1-2H3/t17-,19-/m0/s1. The molecular weight excluding hydrogens is 354 g/mol. The molecule has 140 valence electrons. The van der Waals surface area contributed by atoms with Crippen molar-refractivity contribution in [1.29, 1.82) is 0 Å². The van der Waals surface area contributed by atoms with Gasteiger partial charge in [0.05, 0.1) is 6.54 Å². The first kappa shape index (κ1) is 18.7.